The molecule has 0 spiro atoms. The van der Waals surface area contributed by atoms with Crippen molar-refractivity contribution in [1.82, 2.24) is 5.32 Å². The van der Waals surface area contributed by atoms with Crippen LogP contribution in [0.5, 0.6) is 5.75 Å². The number of benzene rings is 2. The Balaban J connectivity index is 1.88. The van der Waals surface area contributed by atoms with Gasteiger partial charge in [0.15, 0.2) is 0 Å². The van der Waals surface area contributed by atoms with Crippen molar-refractivity contribution in [1.29, 1.82) is 0 Å². The fourth-order valence-electron chi connectivity index (χ4n) is 2.03. The van der Waals surface area contributed by atoms with Gasteiger partial charge in [0.2, 0.25) is 0 Å². The molecule has 112 valence electrons. The number of ether oxygens (including phenoxy) is 1. The third-order valence-corrected chi connectivity index (χ3v) is 3.78. The van der Waals surface area contributed by atoms with Gasteiger partial charge in [-0.3, -0.25) is 0 Å². The largest absolute Gasteiger partial charge is 0.491 e. The lowest BCUT2D eigenvalue weighted by molar-refractivity contribution is 0.217. The summed E-state index contributed by atoms with van der Waals surface area (Å²) in [6, 6.07) is 16.1. The fourth-order valence-corrected chi connectivity index (χ4v) is 2.23. The molecule has 0 amide bonds. The predicted molar refractivity (Wildman–Crippen MR) is 88.8 cm³/mol. The highest BCUT2D eigenvalue weighted by Gasteiger charge is 2.03. The van der Waals surface area contributed by atoms with E-state index in [9.17, 15) is 0 Å². The molecule has 2 nitrogen and oxygen atoms in total. The fraction of sp³-hybridized carbons (Fsp3) is 0.333. The summed E-state index contributed by atoms with van der Waals surface area (Å²) in [6.07, 6.45) is 1.26. The van der Waals surface area contributed by atoms with Crippen molar-refractivity contribution in [2.24, 2.45) is 0 Å². The summed E-state index contributed by atoms with van der Waals surface area (Å²) in [4.78, 5) is 0. The van der Waals surface area contributed by atoms with Crippen LogP contribution in [-0.4, -0.2) is 6.10 Å². The van der Waals surface area contributed by atoms with Crippen molar-refractivity contribution in [3.8, 4) is 5.75 Å². The van der Waals surface area contributed by atoms with E-state index < -0.39 is 0 Å². The van der Waals surface area contributed by atoms with E-state index in [1.165, 1.54) is 5.56 Å². The zero-order valence-corrected chi connectivity index (χ0v) is 13.4. The molecule has 0 saturated heterocycles. The second-order valence-electron chi connectivity index (χ2n) is 5.18. The zero-order valence-electron chi connectivity index (χ0n) is 12.6. The lowest BCUT2D eigenvalue weighted by Crippen LogP contribution is -2.13. The average Bonchev–Trinajstić information content (AvgIpc) is 2.49. The van der Waals surface area contributed by atoms with E-state index in [-0.39, 0.29) is 6.10 Å². The van der Waals surface area contributed by atoms with Gasteiger partial charge >= 0.3 is 0 Å². The topological polar surface area (TPSA) is 21.3 Å². The van der Waals surface area contributed by atoms with E-state index in [2.05, 4.69) is 31.3 Å². The van der Waals surface area contributed by atoms with Gasteiger partial charge in [-0.15, -0.1) is 0 Å². The Hall–Kier alpha value is -1.51. The van der Waals surface area contributed by atoms with Crippen LogP contribution in [0.2, 0.25) is 5.02 Å². The van der Waals surface area contributed by atoms with Crippen LogP contribution in [0, 0.1) is 0 Å². The molecule has 0 saturated carbocycles. The summed E-state index contributed by atoms with van der Waals surface area (Å²) < 4.78 is 5.84. The number of hydrogen-bond acceptors (Lipinski definition) is 2. The standard InChI is InChI=1S/C18H22ClNO/c1-3-14(2)21-17-9-6-7-15(11-17)12-20-13-16-8-4-5-10-18(16)19/h4-11,14,20H,3,12-13H2,1-2H3. The minimum absolute atomic E-state index is 0.247. The van der Waals surface area contributed by atoms with E-state index in [0.717, 1.165) is 35.8 Å². The Morgan fingerprint density at radius 1 is 1.10 bits per heavy atom. The molecule has 2 aromatic rings. The maximum Gasteiger partial charge on any atom is 0.120 e. The molecule has 1 N–H and O–H groups in total. The highest BCUT2D eigenvalue weighted by molar-refractivity contribution is 6.31. The SMILES string of the molecule is CCC(C)Oc1cccc(CNCc2ccccc2Cl)c1. The third-order valence-electron chi connectivity index (χ3n) is 3.41. The van der Waals surface area contributed by atoms with Crippen LogP contribution in [0.4, 0.5) is 0 Å². The van der Waals surface area contributed by atoms with Gasteiger partial charge in [-0.2, -0.15) is 0 Å². The number of nitrogens with one attached hydrogen (secondary N) is 1. The maximum atomic E-state index is 6.14. The van der Waals surface area contributed by atoms with Crippen molar-refractivity contribution < 1.29 is 4.74 Å². The van der Waals surface area contributed by atoms with E-state index in [0.29, 0.717) is 0 Å². The molecule has 1 atom stereocenters. The van der Waals surface area contributed by atoms with Gasteiger partial charge in [0, 0.05) is 18.1 Å². The Morgan fingerprint density at radius 2 is 1.90 bits per heavy atom. The van der Waals surface area contributed by atoms with E-state index in [1.807, 2.05) is 36.4 Å². The minimum atomic E-state index is 0.247. The van der Waals surface area contributed by atoms with Crippen LogP contribution in [0.3, 0.4) is 0 Å². The molecule has 1 unspecified atom stereocenters. The molecule has 0 aromatic heterocycles. The molecule has 0 heterocycles. The number of halogens is 1. The molecule has 2 rings (SSSR count). The van der Waals surface area contributed by atoms with Crippen molar-refractivity contribution in [2.45, 2.75) is 39.5 Å². The highest BCUT2D eigenvalue weighted by atomic mass is 35.5. The quantitative estimate of drug-likeness (QED) is 0.793. The first-order chi connectivity index (χ1) is 10.2. The van der Waals surface area contributed by atoms with E-state index >= 15 is 0 Å². The lowest BCUT2D eigenvalue weighted by atomic mass is 10.2. The second kappa shape index (κ2) is 8.06. The molecule has 0 bridgehead atoms. The molecule has 0 aliphatic carbocycles. The maximum absolute atomic E-state index is 6.14. The normalized spacial score (nSPS) is 12.1. The summed E-state index contributed by atoms with van der Waals surface area (Å²) in [5.41, 5.74) is 2.33. The van der Waals surface area contributed by atoms with Gasteiger partial charge in [-0.25, -0.2) is 0 Å². The molecule has 0 aliphatic rings. The van der Waals surface area contributed by atoms with Crippen molar-refractivity contribution >= 4 is 11.6 Å². The first-order valence-electron chi connectivity index (χ1n) is 7.38. The minimum Gasteiger partial charge on any atom is -0.491 e. The Morgan fingerprint density at radius 3 is 2.67 bits per heavy atom. The summed E-state index contributed by atoms with van der Waals surface area (Å²) in [6.45, 7) is 5.76. The van der Waals surface area contributed by atoms with Gasteiger partial charge < -0.3 is 10.1 Å². The average molecular weight is 304 g/mol. The molecule has 0 radical (unpaired) electrons. The van der Waals surface area contributed by atoms with Gasteiger partial charge in [0.25, 0.3) is 0 Å². The molecule has 2 aromatic carbocycles. The second-order valence-corrected chi connectivity index (χ2v) is 5.59. The Bertz CT molecular complexity index is 571. The van der Waals surface area contributed by atoms with Gasteiger partial charge in [-0.1, -0.05) is 48.9 Å². The van der Waals surface area contributed by atoms with Gasteiger partial charge in [-0.05, 0) is 42.7 Å². The first-order valence-corrected chi connectivity index (χ1v) is 7.76. The Kier molecular flexibility index (Phi) is 6.09. The third kappa shape index (κ3) is 5.07. The molecule has 0 fully saturated rings. The van der Waals surface area contributed by atoms with Crippen LogP contribution in [0.25, 0.3) is 0 Å². The predicted octanol–water partition coefficient (Wildman–Crippen LogP) is 4.81. The van der Waals surface area contributed by atoms with Crippen molar-refractivity contribution in [3.63, 3.8) is 0 Å². The first kappa shape index (κ1) is 15.9. The summed E-state index contributed by atoms with van der Waals surface area (Å²) in [5, 5.41) is 4.22. The van der Waals surface area contributed by atoms with Crippen LogP contribution in [0.1, 0.15) is 31.4 Å². The number of hydrogen-bond donors (Lipinski definition) is 1. The lowest BCUT2D eigenvalue weighted by Gasteiger charge is -2.13. The molecular weight excluding hydrogens is 282 g/mol. The number of rotatable bonds is 7. The zero-order chi connectivity index (χ0) is 15.1. The summed E-state index contributed by atoms with van der Waals surface area (Å²) in [7, 11) is 0. The monoisotopic (exact) mass is 303 g/mol. The van der Waals surface area contributed by atoms with Gasteiger partial charge in [0.1, 0.15) is 5.75 Å². The van der Waals surface area contributed by atoms with E-state index in [4.69, 9.17) is 16.3 Å². The molecular formula is C18H22ClNO. The van der Waals surface area contributed by atoms with Gasteiger partial charge in [0.05, 0.1) is 6.10 Å². The van der Waals surface area contributed by atoms with Crippen LogP contribution < -0.4 is 10.1 Å². The molecule has 21 heavy (non-hydrogen) atoms. The van der Waals surface area contributed by atoms with Crippen LogP contribution >= 0.6 is 11.6 Å². The van der Waals surface area contributed by atoms with E-state index in [1.54, 1.807) is 0 Å². The highest BCUT2D eigenvalue weighted by Crippen LogP contribution is 2.17. The summed E-state index contributed by atoms with van der Waals surface area (Å²) in [5.74, 6) is 0.932. The smallest absolute Gasteiger partial charge is 0.120 e. The molecule has 3 heteroatoms. The molecule has 0 aliphatic heterocycles. The summed E-state index contributed by atoms with van der Waals surface area (Å²) >= 11 is 6.14. The van der Waals surface area contributed by atoms with Crippen molar-refractivity contribution in [2.75, 3.05) is 0 Å². The Labute approximate surface area is 132 Å². The van der Waals surface area contributed by atoms with Crippen molar-refractivity contribution in [3.05, 3.63) is 64.7 Å². The van der Waals surface area contributed by atoms with Crippen LogP contribution in [-0.2, 0) is 13.1 Å². The van der Waals surface area contributed by atoms with Crippen LogP contribution in [0.15, 0.2) is 48.5 Å².